The van der Waals surface area contributed by atoms with Gasteiger partial charge in [0.05, 0.1) is 6.54 Å². The lowest BCUT2D eigenvalue weighted by Gasteiger charge is -2.44. The van der Waals surface area contributed by atoms with Gasteiger partial charge in [-0.3, -0.25) is 4.90 Å². The van der Waals surface area contributed by atoms with Crippen molar-refractivity contribution >= 4 is 0 Å². The third-order valence-electron chi connectivity index (χ3n) is 5.80. The molecule has 0 radical (unpaired) electrons. The van der Waals surface area contributed by atoms with Crippen LogP contribution in [0.25, 0.3) is 0 Å². The average molecular weight is 430 g/mol. The number of likely N-dealkylation sites (tertiary alicyclic amines) is 1. The minimum Gasteiger partial charge on any atom is -0.460 e. The monoisotopic (exact) mass is 430 g/mol. The summed E-state index contributed by atoms with van der Waals surface area (Å²) < 4.78 is 35.5. The van der Waals surface area contributed by atoms with Crippen molar-refractivity contribution in [1.29, 1.82) is 0 Å². The number of rotatable bonds is 7. The summed E-state index contributed by atoms with van der Waals surface area (Å²) >= 11 is 0. The Kier molecular flexibility index (Phi) is 6.19. The van der Waals surface area contributed by atoms with E-state index in [1.54, 1.807) is 18.5 Å². The van der Waals surface area contributed by atoms with Gasteiger partial charge < -0.3 is 9.84 Å². The molecule has 4 rings (SSSR count). The smallest absolute Gasteiger partial charge is 0.316 e. The molecule has 2 atom stereocenters. The largest absolute Gasteiger partial charge is 0.460 e. The fourth-order valence-electron chi connectivity index (χ4n) is 4.02. The molecule has 1 saturated heterocycles. The van der Waals surface area contributed by atoms with Gasteiger partial charge in [0.15, 0.2) is 0 Å². The Balaban J connectivity index is 1.51. The topological polar surface area (TPSA) is 89.2 Å². The van der Waals surface area contributed by atoms with E-state index in [0.29, 0.717) is 31.9 Å². The van der Waals surface area contributed by atoms with Gasteiger partial charge in [-0.15, -0.1) is 0 Å². The molecule has 1 aliphatic heterocycles. The van der Waals surface area contributed by atoms with Crippen molar-refractivity contribution in [3.8, 4) is 6.01 Å². The summed E-state index contributed by atoms with van der Waals surface area (Å²) in [6.07, 6.45) is 7.42. The number of aromatic nitrogens is 5. The van der Waals surface area contributed by atoms with E-state index in [1.165, 1.54) is 23.4 Å². The van der Waals surface area contributed by atoms with Crippen LogP contribution in [0.3, 0.4) is 0 Å². The van der Waals surface area contributed by atoms with Crippen LogP contribution in [-0.4, -0.2) is 60.0 Å². The molecule has 1 aliphatic rings. The van der Waals surface area contributed by atoms with E-state index >= 15 is 0 Å². The van der Waals surface area contributed by atoms with Gasteiger partial charge in [-0.25, -0.2) is 28.4 Å². The summed E-state index contributed by atoms with van der Waals surface area (Å²) in [6.45, 7) is 3.06. The lowest BCUT2D eigenvalue weighted by Crippen LogP contribution is -2.54. The van der Waals surface area contributed by atoms with Crippen LogP contribution in [0.5, 0.6) is 6.01 Å². The van der Waals surface area contributed by atoms with E-state index in [0.717, 1.165) is 12.1 Å². The Hall–Kier alpha value is -2.98. The number of aliphatic hydroxyl groups is 1. The number of halogens is 2. The molecule has 0 bridgehead atoms. The molecule has 0 unspecified atom stereocenters. The van der Waals surface area contributed by atoms with Crippen molar-refractivity contribution < 1.29 is 18.6 Å². The van der Waals surface area contributed by atoms with Crippen LogP contribution >= 0.6 is 0 Å². The Morgan fingerprint density at radius 1 is 1.23 bits per heavy atom. The molecule has 1 fully saturated rings. The van der Waals surface area contributed by atoms with Crippen molar-refractivity contribution in [2.24, 2.45) is 0 Å². The highest BCUT2D eigenvalue weighted by atomic mass is 19.1. The van der Waals surface area contributed by atoms with Gasteiger partial charge in [0.25, 0.3) is 0 Å². The summed E-state index contributed by atoms with van der Waals surface area (Å²) in [6, 6.07) is 4.81. The van der Waals surface area contributed by atoms with Crippen LogP contribution in [0.4, 0.5) is 8.78 Å². The maximum atomic E-state index is 14.7. The summed E-state index contributed by atoms with van der Waals surface area (Å²) in [7, 11) is 0. The van der Waals surface area contributed by atoms with Crippen LogP contribution in [0.2, 0.25) is 0 Å². The highest BCUT2D eigenvalue weighted by Gasteiger charge is 2.43. The quantitative estimate of drug-likeness (QED) is 0.614. The first-order valence-corrected chi connectivity index (χ1v) is 10.1. The van der Waals surface area contributed by atoms with E-state index in [2.05, 4.69) is 25.0 Å². The minimum atomic E-state index is -1.65. The molecule has 8 nitrogen and oxygen atoms in total. The van der Waals surface area contributed by atoms with Gasteiger partial charge in [-0.1, -0.05) is 6.07 Å². The van der Waals surface area contributed by atoms with Crippen LogP contribution in [-0.2, 0) is 12.1 Å². The van der Waals surface area contributed by atoms with Crippen LogP contribution < -0.4 is 4.74 Å². The lowest BCUT2D eigenvalue weighted by atomic mass is 9.84. The molecule has 2 aromatic heterocycles. The summed E-state index contributed by atoms with van der Waals surface area (Å²) in [5, 5.41) is 15.8. The van der Waals surface area contributed by atoms with Crippen LogP contribution in [0.1, 0.15) is 25.3 Å². The van der Waals surface area contributed by atoms with Crippen molar-refractivity contribution in [3.63, 3.8) is 0 Å². The Morgan fingerprint density at radius 3 is 2.61 bits per heavy atom. The number of benzene rings is 1. The second-order valence-corrected chi connectivity index (χ2v) is 7.70. The van der Waals surface area contributed by atoms with Gasteiger partial charge >= 0.3 is 6.01 Å². The third kappa shape index (κ3) is 4.70. The van der Waals surface area contributed by atoms with Crippen LogP contribution in [0.15, 0.2) is 49.3 Å². The predicted molar refractivity (Wildman–Crippen MR) is 107 cm³/mol. The summed E-state index contributed by atoms with van der Waals surface area (Å²) in [5.74, 6) is -1.49. The van der Waals surface area contributed by atoms with E-state index in [-0.39, 0.29) is 18.2 Å². The molecule has 1 N–H and O–H groups in total. The Morgan fingerprint density at radius 2 is 1.97 bits per heavy atom. The normalized spacial score (nSPS) is 18.5. The van der Waals surface area contributed by atoms with Gasteiger partial charge in [-0.2, -0.15) is 5.10 Å². The second kappa shape index (κ2) is 9.03. The molecule has 10 heteroatoms. The molecule has 0 amide bonds. The summed E-state index contributed by atoms with van der Waals surface area (Å²) in [4.78, 5) is 14.2. The minimum absolute atomic E-state index is 0.0213. The predicted octanol–water partition coefficient (Wildman–Crippen LogP) is 2.17. The van der Waals surface area contributed by atoms with Gasteiger partial charge in [-0.05, 0) is 31.9 Å². The molecular formula is C21H24F2N6O2. The number of piperidine rings is 1. The van der Waals surface area contributed by atoms with Gasteiger partial charge in [0.1, 0.15) is 36.0 Å². The fourth-order valence-corrected chi connectivity index (χ4v) is 4.02. The van der Waals surface area contributed by atoms with E-state index in [1.807, 2.05) is 6.92 Å². The fraction of sp³-hybridized carbons (Fsp3) is 0.429. The number of hydrogen-bond acceptors (Lipinski definition) is 7. The van der Waals surface area contributed by atoms with Crippen molar-refractivity contribution in [2.45, 2.75) is 44.1 Å². The third-order valence-corrected chi connectivity index (χ3v) is 5.80. The molecule has 3 aromatic rings. The standard InChI is InChI=1S/C21H24F2N6O2/c1-15(28-9-5-17(6-10-28)31-20-25-7-2-8-26-20)21(30,12-29-14-24-13-27-29)18-4-3-16(22)11-19(18)23/h2-4,7-8,11,13-15,17,30H,5-6,9-10,12H2,1H3/t15-,21-/m1/s1. The highest BCUT2D eigenvalue weighted by Crippen LogP contribution is 2.34. The van der Waals surface area contributed by atoms with E-state index in [4.69, 9.17) is 4.74 Å². The van der Waals surface area contributed by atoms with Gasteiger partial charge in [0.2, 0.25) is 0 Å². The van der Waals surface area contributed by atoms with Crippen molar-refractivity contribution in [3.05, 3.63) is 66.5 Å². The first-order chi connectivity index (χ1) is 15.0. The molecule has 0 aliphatic carbocycles. The zero-order valence-corrected chi connectivity index (χ0v) is 17.1. The lowest BCUT2D eigenvalue weighted by molar-refractivity contribution is -0.0750. The first-order valence-electron chi connectivity index (χ1n) is 10.1. The van der Waals surface area contributed by atoms with Crippen molar-refractivity contribution in [2.75, 3.05) is 13.1 Å². The van der Waals surface area contributed by atoms with Crippen LogP contribution in [0, 0.1) is 11.6 Å². The molecule has 3 heterocycles. The zero-order valence-electron chi connectivity index (χ0n) is 17.1. The average Bonchev–Trinajstić information content (AvgIpc) is 3.27. The number of hydrogen-bond donors (Lipinski definition) is 1. The SMILES string of the molecule is C[C@@H](N1CCC(Oc2ncccn2)CC1)[C@](O)(Cn1cncn1)c1ccc(F)cc1F. The second-order valence-electron chi connectivity index (χ2n) is 7.70. The zero-order chi connectivity index (χ0) is 21.8. The molecule has 31 heavy (non-hydrogen) atoms. The van der Waals surface area contributed by atoms with E-state index < -0.39 is 23.3 Å². The first kappa shape index (κ1) is 21.3. The number of ether oxygens (including phenoxy) is 1. The molecule has 164 valence electrons. The van der Waals surface area contributed by atoms with Gasteiger partial charge in [0, 0.05) is 43.2 Å². The molecule has 0 saturated carbocycles. The molecule has 0 spiro atoms. The number of nitrogens with zero attached hydrogens (tertiary/aromatic N) is 6. The Bertz CT molecular complexity index is 983. The van der Waals surface area contributed by atoms with Crippen molar-refractivity contribution in [1.82, 2.24) is 29.6 Å². The highest BCUT2D eigenvalue weighted by molar-refractivity contribution is 5.27. The summed E-state index contributed by atoms with van der Waals surface area (Å²) in [5.41, 5.74) is -1.63. The maximum Gasteiger partial charge on any atom is 0.316 e. The molecule has 1 aromatic carbocycles. The molecular weight excluding hydrogens is 406 g/mol. The maximum absolute atomic E-state index is 14.7. The Labute approximate surface area is 178 Å². The van der Waals surface area contributed by atoms with E-state index in [9.17, 15) is 13.9 Å².